The number of hydrogen-bond acceptors (Lipinski definition) is 3. The van der Waals surface area contributed by atoms with Crippen LogP contribution in [0.5, 0.6) is 0 Å². The minimum Gasteiger partial charge on any atom is -0.308 e. The summed E-state index contributed by atoms with van der Waals surface area (Å²) >= 11 is 0. The van der Waals surface area contributed by atoms with Crippen LogP contribution in [0.25, 0.3) is 0 Å². The van der Waals surface area contributed by atoms with Gasteiger partial charge in [-0.05, 0) is 20.2 Å². The molecule has 0 N–H and O–H groups in total. The van der Waals surface area contributed by atoms with Crippen molar-refractivity contribution in [1.82, 2.24) is 14.7 Å². The Morgan fingerprint density at radius 2 is 2.06 bits per heavy atom. The van der Waals surface area contributed by atoms with Crippen molar-refractivity contribution < 1.29 is 4.79 Å². The summed E-state index contributed by atoms with van der Waals surface area (Å²) in [4.78, 5) is 14.2. The zero-order chi connectivity index (χ0) is 12.3. The number of Topliss-reactive ketones (excluding diaryl/α,β-unsaturated/α-hetero) is 1. The van der Waals surface area contributed by atoms with Crippen molar-refractivity contribution in [3.63, 3.8) is 0 Å². The molecule has 4 heteroatoms. The molecule has 1 aromatic heterocycles. The van der Waals surface area contributed by atoms with E-state index in [1.165, 1.54) is 0 Å². The van der Waals surface area contributed by atoms with Gasteiger partial charge in [0.25, 0.3) is 0 Å². The summed E-state index contributed by atoms with van der Waals surface area (Å²) in [7, 11) is 4.02. The Balaban J connectivity index is 2.82. The molecular weight excluding hydrogens is 202 g/mol. The van der Waals surface area contributed by atoms with E-state index >= 15 is 0 Å². The zero-order valence-corrected chi connectivity index (χ0v) is 10.8. The molecule has 0 aliphatic heterocycles. The number of carbonyl (C=O) groups is 1. The molecule has 1 heterocycles. The first kappa shape index (κ1) is 12.9. The first-order valence-corrected chi connectivity index (χ1v) is 5.53. The molecule has 0 aromatic carbocycles. The molecule has 0 aliphatic rings. The first-order valence-electron chi connectivity index (χ1n) is 5.53. The van der Waals surface area contributed by atoms with Crippen LogP contribution in [0.2, 0.25) is 0 Å². The third kappa shape index (κ3) is 3.17. The Bertz CT molecular complexity index is 361. The molecule has 0 saturated carbocycles. The fourth-order valence-electron chi connectivity index (χ4n) is 1.38. The van der Waals surface area contributed by atoms with Crippen molar-refractivity contribution in [2.75, 3.05) is 20.6 Å². The van der Waals surface area contributed by atoms with Gasteiger partial charge < -0.3 is 4.90 Å². The molecule has 0 atom stereocenters. The van der Waals surface area contributed by atoms with Crippen LogP contribution in [-0.2, 0) is 6.54 Å². The fourth-order valence-corrected chi connectivity index (χ4v) is 1.38. The van der Waals surface area contributed by atoms with Crippen LogP contribution in [0.4, 0.5) is 0 Å². The molecule has 0 amide bonds. The van der Waals surface area contributed by atoms with Crippen LogP contribution in [0, 0.1) is 5.41 Å². The van der Waals surface area contributed by atoms with Crippen molar-refractivity contribution >= 4 is 5.78 Å². The van der Waals surface area contributed by atoms with Crippen LogP contribution >= 0.6 is 0 Å². The smallest absolute Gasteiger partial charge is 0.186 e. The Labute approximate surface area is 97.2 Å². The van der Waals surface area contributed by atoms with Crippen molar-refractivity contribution in [2.45, 2.75) is 27.3 Å². The molecule has 0 fully saturated rings. The number of rotatable bonds is 4. The highest BCUT2D eigenvalue weighted by molar-refractivity contribution is 5.98. The second-order valence-corrected chi connectivity index (χ2v) is 5.32. The molecule has 0 radical (unpaired) electrons. The van der Waals surface area contributed by atoms with Gasteiger partial charge in [-0.2, -0.15) is 5.10 Å². The quantitative estimate of drug-likeness (QED) is 0.729. The summed E-state index contributed by atoms with van der Waals surface area (Å²) in [5.41, 5.74) is 0.352. The number of nitrogens with zero attached hydrogens (tertiary/aromatic N) is 3. The predicted octanol–water partition coefficient (Wildman–Crippen LogP) is 1.67. The predicted molar refractivity (Wildman–Crippen MR) is 64.6 cm³/mol. The summed E-state index contributed by atoms with van der Waals surface area (Å²) in [5, 5.41) is 4.19. The molecule has 0 unspecified atom stereocenters. The van der Waals surface area contributed by atoms with Gasteiger partial charge in [-0.25, -0.2) is 0 Å². The Hall–Kier alpha value is -1.16. The lowest BCUT2D eigenvalue weighted by atomic mass is 9.89. The van der Waals surface area contributed by atoms with Gasteiger partial charge in [-0.15, -0.1) is 0 Å². The lowest BCUT2D eigenvalue weighted by Gasteiger charge is -2.18. The van der Waals surface area contributed by atoms with Crippen molar-refractivity contribution in [2.24, 2.45) is 5.41 Å². The van der Waals surface area contributed by atoms with Gasteiger partial charge in [0.15, 0.2) is 5.78 Å². The fraction of sp³-hybridized carbons (Fsp3) is 0.667. The number of aromatic nitrogens is 2. The highest BCUT2D eigenvalue weighted by Gasteiger charge is 2.25. The van der Waals surface area contributed by atoms with E-state index in [1.54, 1.807) is 16.9 Å². The van der Waals surface area contributed by atoms with E-state index in [4.69, 9.17) is 0 Å². The van der Waals surface area contributed by atoms with E-state index in [0.29, 0.717) is 5.69 Å². The van der Waals surface area contributed by atoms with E-state index < -0.39 is 0 Å². The van der Waals surface area contributed by atoms with E-state index in [1.807, 2.05) is 34.9 Å². The maximum absolute atomic E-state index is 12.1. The van der Waals surface area contributed by atoms with Crippen LogP contribution in [0.3, 0.4) is 0 Å². The van der Waals surface area contributed by atoms with Gasteiger partial charge >= 0.3 is 0 Å². The monoisotopic (exact) mass is 223 g/mol. The summed E-state index contributed by atoms with van der Waals surface area (Å²) in [6.07, 6.45) is 1.69. The molecule has 1 rings (SSSR count). The highest BCUT2D eigenvalue weighted by Crippen LogP contribution is 2.20. The Morgan fingerprint density at radius 3 is 2.56 bits per heavy atom. The zero-order valence-electron chi connectivity index (χ0n) is 10.8. The maximum atomic E-state index is 12.1. The SMILES string of the molecule is CN(C)CCn1nccc1C(=O)C(C)(C)C. The molecule has 90 valence electrons. The molecule has 0 saturated heterocycles. The topological polar surface area (TPSA) is 38.1 Å². The van der Waals surface area contributed by atoms with E-state index in [2.05, 4.69) is 10.00 Å². The summed E-state index contributed by atoms with van der Waals surface area (Å²) in [6.45, 7) is 7.42. The molecule has 0 aliphatic carbocycles. The van der Waals surface area contributed by atoms with Crippen LogP contribution in [0.1, 0.15) is 31.3 Å². The summed E-state index contributed by atoms with van der Waals surface area (Å²) < 4.78 is 1.79. The van der Waals surface area contributed by atoms with Gasteiger partial charge in [0.05, 0.1) is 6.54 Å². The van der Waals surface area contributed by atoms with Gasteiger partial charge in [0.1, 0.15) is 5.69 Å². The van der Waals surface area contributed by atoms with Crippen LogP contribution < -0.4 is 0 Å². The van der Waals surface area contributed by atoms with Gasteiger partial charge in [-0.1, -0.05) is 20.8 Å². The van der Waals surface area contributed by atoms with E-state index in [0.717, 1.165) is 13.1 Å². The Kier molecular flexibility index (Phi) is 3.86. The Morgan fingerprint density at radius 1 is 1.44 bits per heavy atom. The standard InChI is InChI=1S/C12H21N3O/c1-12(2,3)11(16)10-6-7-13-15(10)9-8-14(4)5/h6-7H,8-9H2,1-5H3. The highest BCUT2D eigenvalue weighted by atomic mass is 16.1. The number of likely N-dealkylation sites (N-methyl/N-ethyl adjacent to an activating group) is 1. The van der Waals surface area contributed by atoms with Gasteiger partial charge in [0.2, 0.25) is 0 Å². The minimum absolute atomic E-state index is 0.142. The lowest BCUT2D eigenvalue weighted by Crippen LogP contribution is -2.26. The molecular formula is C12H21N3O. The third-order valence-electron chi connectivity index (χ3n) is 2.39. The van der Waals surface area contributed by atoms with Crippen LogP contribution in [0.15, 0.2) is 12.3 Å². The van der Waals surface area contributed by atoms with Crippen molar-refractivity contribution in [3.05, 3.63) is 18.0 Å². The number of hydrogen-bond donors (Lipinski definition) is 0. The summed E-state index contributed by atoms with van der Waals surface area (Å²) in [6, 6.07) is 1.79. The molecule has 0 spiro atoms. The lowest BCUT2D eigenvalue weighted by molar-refractivity contribution is 0.0846. The second kappa shape index (κ2) is 4.78. The van der Waals surface area contributed by atoms with Crippen LogP contribution in [-0.4, -0.2) is 41.1 Å². The first-order chi connectivity index (χ1) is 7.32. The van der Waals surface area contributed by atoms with Gasteiger partial charge in [-0.3, -0.25) is 9.48 Å². The van der Waals surface area contributed by atoms with E-state index in [-0.39, 0.29) is 11.2 Å². The second-order valence-electron chi connectivity index (χ2n) is 5.32. The van der Waals surface area contributed by atoms with E-state index in [9.17, 15) is 4.79 Å². The summed E-state index contributed by atoms with van der Waals surface area (Å²) in [5.74, 6) is 0.142. The van der Waals surface area contributed by atoms with Crippen molar-refractivity contribution in [1.29, 1.82) is 0 Å². The number of carbonyl (C=O) groups excluding carboxylic acids is 1. The normalized spacial score (nSPS) is 12.1. The molecule has 16 heavy (non-hydrogen) atoms. The minimum atomic E-state index is -0.351. The average Bonchev–Trinajstić information content (AvgIpc) is 2.59. The molecule has 4 nitrogen and oxygen atoms in total. The van der Waals surface area contributed by atoms with Crippen molar-refractivity contribution in [3.8, 4) is 0 Å². The van der Waals surface area contributed by atoms with Gasteiger partial charge in [0, 0.05) is 18.2 Å². The molecule has 0 bridgehead atoms. The average molecular weight is 223 g/mol. The largest absolute Gasteiger partial charge is 0.308 e. The molecule has 1 aromatic rings. The third-order valence-corrected chi connectivity index (χ3v) is 2.39. The number of ketones is 1. The maximum Gasteiger partial charge on any atom is 0.186 e.